The molecule has 0 unspecified atom stereocenters. The molecule has 0 radical (unpaired) electrons. The van der Waals surface area contributed by atoms with E-state index in [1.165, 1.54) is 0 Å². The first-order valence-electron chi connectivity index (χ1n) is 9.87. The van der Waals surface area contributed by atoms with Crippen LogP contribution in [0.5, 0.6) is 0 Å². The second kappa shape index (κ2) is 9.54. The number of fused-ring (bicyclic) bond motifs is 1. The summed E-state index contributed by atoms with van der Waals surface area (Å²) in [5.74, 6) is -0.0285. The van der Waals surface area contributed by atoms with Crippen LogP contribution in [0, 0.1) is 0 Å². The van der Waals surface area contributed by atoms with Crippen molar-refractivity contribution in [1.82, 2.24) is 14.2 Å². The van der Waals surface area contributed by atoms with Crippen molar-refractivity contribution in [2.45, 2.75) is 43.5 Å². The Morgan fingerprint density at radius 2 is 1.89 bits per heavy atom. The Balaban J connectivity index is 1.70. The van der Waals surface area contributed by atoms with Gasteiger partial charge in [-0.05, 0) is 37.1 Å². The number of amides is 1. The Labute approximate surface area is 166 Å². The maximum atomic E-state index is 13.0. The number of ether oxygens (including phenoxy) is 1. The van der Waals surface area contributed by atoms with Crippen molar-refractivity contribution < 1.29 is 17.9 Å². The molecule has 1 amide bonds. The smallest absolute Gasteiger partial charge is 0.243 e. The van der Waals surface area contributed by atoms with E-state index < -0.39 is 10.0 Å². The van der Waals surface area contributed by atoms with Gasteiger partial charge in [0, 0.05) is 56.8 Å². The average Bonchev–Trinajstić information content (AvgIpc) is 2.89. The minimum atomic E-state index is -3.46. The van der Waals surface area contributed by atoms with E-state index in [2.05, 4.69) is 5.32 Å². The van der Waals surface area contributed by atoms with E-state index in [0.29, 0.717) is 44.1 Å². The van der Waals surface area contributed by atoms with Crippen LogP contribution in [0.4, 0.5) is 0 Å². The molecule has 1 aromatic heterocycles. The van der Waals surface area contributed by atoms with Gasteiger partial charge in [-0.3, -0.25) is 4.79 Å². The van der Waals surface area contributed by atoms with Crippen molar-refractivity contribution >= 4 is 26.8 Å². The molecule has 1 aliphatic heterocycles. The lowest BCUT2D eigenvalue weighted by molar-refractivity contribution is -0.121. The summed E-state index contributed by atoms with van der Waals surface area (Å²) in [5, 5.41) is 3.67. The van der Waals surface area contributed by atoms with Gasteiger partial charge < -0.3 is 14.6 Å². The normalized spacial score (nSPS) is 16.2. The molecule has 1 aliphatic rings. The molecule has 0 saturated carbocycles. The van der Waals surface area contributed by atoms with Crippen LogP contribution in [-0.2, 0) is 26.1 Å². The molecule has 1 aromatic carbocycles. The maximum absolute atomic E-state index is 13.0. The van der Waals surface area contributed by atoms with Gasteiger partial charge in [-0.15, -0.1) is 0 Å². The maximum Gasteiger partial charge on any atom is 0.243 e. The van der Waals surface area contributed by atoms with Gasteiger partial charge in [0.2, 0.25) is 15.9 Å². The molecule has 0 atom stereocenters. The van der Waals surface area contributed by atoms with Crippen molar-refractivity contribution in [3.05, 3.63) is 30.5 Å². The number of rotatable bonds is 8. The van der Waals surface area contributed by atoms with Crippen LogP contribution >= 0.6 is 0 Å². The number of benzene rings is 1. The molecule has 1 N–H and O–H groups in total. The monoisotopic (exact) mass is 407 g/mol. The van der Waals surface area contributed by atoms with E-state index in [-0.39, 0.29) is 5.91 Å². The summed E-state index contributed by atoms with van der Waals surface area (Å²) in [5.41, 5.74) is 0.930. The molecule has 0 bridgehead atoms. The zero-order chi connectivity index (χ0) is 20.0. The molecule has 3 rings (SSSR count). The van der Waals surface area contributed by atoms with Gasteiger partial charge in [0.25, 0.3) is 0 Å². The third-order valence-corrected chi connectivity index (χ3v) is 7.05. The zero-order valence-corrected chi connectivity index (χ0v) is 17.2. The summed E-state index contributed by atoms with van der Waals surface area (Å²) in [6.07, 6.45) is 6.28. The van der Waals surface area contributed by atoms with Crippen molar-refractivity contribution in [3.8, 4) is 0 Å². The van der Waals surface area contributed by atoms with E-state index in [4.69, 9.17) is 4.74 Å². The molecule has 8 heteroatoms. The topological polar surface area (TPSA) is 80.6 Å². The highest BCUT2D eigenvalue weighted by atomic mass is 32.2. The van der Waals surface area contributed by atoms with Gasteiger partial charge in [0.1, 0.15) is 0 Å². The predicted molar refractivity (Wildman–Crippen MR) is 109 cm³/mol. The van der Waals surface area contributed by atoms with E-state index in [1.807, 2.05) is 22.9 Å². The number of sulfonamides is 1. The first-order chi connectivity index (χ1) is 13.5. The highest BCUT2D eigenvalue weighted by Gasteiger charge is 2.25. The van der Waals surface area contributed by atoms with E-state index in [0.717, 1.165) is 36.6 Å². The fourth-order valence-electron chi connectivity index (χ4n) is 3.57. The van der Waals surface area contributed by atoms with Crippen LogP contribution in [-0.4, -0.2) is 56.5 Å². The number of nitrogens with zero attached hydrogens (tertiary/aromatic N) is 2. The van der Waals surface area contributed by atoms with Crippen molar-refractivity contribution in [2.75, 3.05) is 33.4 Å². The Morgan fingerprint density at radius 3 is 2.61 bits per heavy atom. The van der Waals surface area contributed by atoms with Crippen molar-refractivity contribution in [3.63, 3.8) is 0 Å². The molecule has 1 saturated heterocycles. The van der Waals surface area contributed by atoms with E-state index >= 15 is 0 Å². The number of aromatic nitrogens is 1. The summed E-state index contributed by atoms with van der Waals surface area (Å²) in [6.45, 7) is 2.73. The van der Waals surface area contributed by atoms with E-state index in [9.17, 15) is 13.2 Å². The summed E-state index contributed by atoms with van der Waals surface area (Å²) < 4.78 is 34.5. The number of hydrogen-bond acceptors (Lipinski definition) is 4. The molecule has 2 heterocycles. The van der Waals surface area contributed by atoms with Crippen LogP contribution in [0.1, 0.15) is 32.1 Å². The third kappa shape index (κ3) is 4.92. The summed E-state index contributed by atoms with van der Waals surface area (Å²) in [6, 6.07) is 7.16. The van der Waals surface area contributed by atoms with Crippen LogP contribution in [0.3, 0.4) is 0 Å². The van der Waals surface area contributed by atoms with Crippen LogP contribution < -0.4 is 5.32 Å². The molecule has 154 valence electrons. The molecular formula is C20H29N3O4S. The van der Waals surface area contributed by atoms with Gasteiger partial charge in [-0.25, -0.2) is 8.42 Å². The molecule has 0 aliphatic carbocycles. The molecular weight excluding hydrogens is 378 g/mol. The number of aryl methyl sites for hydroxylation is 1. The minimum Gasteiger partial charge on any atom is -0.383 e. The highest BCUT2D eigenvalue weighted by molar-refractivity contribution is 7.89. The van der Waals surface area contributed by atoms with Gasteiger partial charge >= 0.3 is 0 Å². The first-order valence-corrected chi connectivity index (χ1v) is 11.3. The second-order valence-electron chi connectivity index (χ2n) is 7.14. The lowest BCUT2D eigenvalue weighted by atomic mass is 10.2. The summed E-state index contributed by atoms with van der Waals surface area (Å²) >= 11 is 0. The Morgan fingerprint density at radius 1 is 1.14 bits per heavy atom. The second-order valence-corrected chi connectivity index (χ2v) is 9.08. The first kappa shape index (κ1) is 20.8. The third-order valence-electron chi connectivity index (χ3n) is 5.15. The lowest BCUT2D eigenvalue weighted by Crippen LogP contribution is -2.31. The zero-order valence-electron chi connectivity index (χ0n) is 16.4. The van der Waals surface area contributed by atoms with Gasteiger partial charge in [0.05, 0.1) is 11.5 Å². The SMILES string of the molecule is COCCNC(=O)CCn1ccc2cc(S(=O)(=O)N3CCCCCC3)ccc21. The molecule has 28 heavy (non-hydrogen) atoms. The van der Waals surface area contributed by atoms with Crippen LogP contribution in [0.2, 0.25) is 0 Å². The average molecular weight is 408 g/mol. The summed E-state index contributed by atoms with van der Waals surface area (Å²) in [7, 11) is -1.86. The quantitative estimate of drug-likeness (QED) is 0.681. The molecule has 1 fully saturated rings. The Kier molecular flexibility index (Phi) is 7.09. The number of carbonyl (C=O) groups excluding carboxylic acids is 1. The van der Waals surface area contributed by atoms with Crippen molar-refractivity contribution in [1.29, 1.82) is 0 Å². The predicted octanol–water partition coefficient (Wildman–Crippen LogP) is 2.36. The standard InChI is InChI=1S/C20H29N3O4S/c1-27-15-10-21-20(24)9-14-22-13-8-17-16-18(6-7-19(17)22)28(25,26)23-11-4-2-3-5-12-23/h6-8,13,16H,2-5,9-12,14-15H2,1H3,(H,21,24). The fourth-order valence-corrected chi connectivity index (χ4v) is 5.12. The van der Waals surface area contributed by atoms with Gasteiger partial charge in [0.15, 0.2) is 0 Å². The lowest BCUT2D eigenvalue weighted by Gasteiger charge is -2.20. The van der Waals surface area contributed by atoms with E-state index in [1.54, 1.807) is 23.5 Å². The van der Waals surface area contributed by atoms with Crippen LogP contribution in [0.15, 0.2) is 35.4 Å². The van der Waals surface area contributed by atoms with Gasteiger partial charge in [-0.1, -0.05) is 12.8 Å². The Bertz CT molecular complexity index is 899. The number of nitrogens with one attached hydrogen (secondary N) is 1. The number of hydrogen-bond donors (Lipinski definition) is 1. The largest absolute Gasteiger partial charge is 0.383 e. The fraction of sp³-hybridized carbons (Fsp3) is 0.550. The molecule has 7 nitrogen and oxygen atoms in total. The number of carbonyl (C=O) groups is 1. The Hall–Kier alpha value is -1.90. The minimum absolute atomic E-state index is 0.0285. The van der Waals surface area contributed by atoms with Gasteiger partial charge in [-0.2, -0.15) is 4.31 Å². The van der Waals surface area contributed by atoms with Crippen LogP contribution in [0.25, 0.3) is 10.9 Å². The molecule has 0 spiro atoms. The molecule has 2 aromatic rings. The number of methoxy groups -OCH3 is 1. The summed E-state index contributed by atoms with van der Waals surface area (Å²) in [4.78, 5) is 12.2. The van der Waals surface area contributed by atoms with Crippen molar-refractivity contribution in [2.24, 2.45) is 0 Å². The highest BCUT2D eigenvalue weighted by Crippen LogP contribution is 2.25.